The quantitative estimate of drug-likeness (QED) is 0.877. The van der Waals surface area contributed by atoms with Crippen LogP contribution in [0.1, 0.15) is 16.8 Å². The predicted molar refractivity (Wildman–Crippen MR) is 70.2 cm³/mol. The molecule has 0 unspecified atom stereocenters. The smallest absolute Gasteiger partial charge is 0.204 e. The molecule has 0 aliphatic carbocycles. The Kier molecular flexibility index (Phi) is 3.01. The summed E-state index contributed by atoms with van der Waals surface area (Å²) in [7, 11) is 0. The second-order valence-electron chi connectivity index (χ2n) is 3.98. The van der Waals surface area contributed by atoms with Gasteiger partial charge in [-0.25, -0.2) is 4.98 Å². The van der Waals surface area contributed by atoms with Gasteiger partial charge in [-0.15, -0.1) is 0 Å². The number of nitrogens with one attached hydrogen (secondary N) is 2. The average molecular weight is 280 g/mol. The molecule has 0 spiro atoms. The van der Waals surface area contributed by atoms with Crippen LogP contribution in [0, 0.1) is 20.8 Å². The summed E-state index contributed by atoms with van der Waals surface area (Å²) in [5.74, 6) is 0.769. The highest BCUT2D eigenvalue weighted by atomic mass is 79.9. The van der Waals surface area contributed by atoms with Gasteiger partial charge >= 0.3 is 0 Å². The van der Waals surface area contributed by atoms with Gasteiger partial charge in [-0.1, -0.05) is 6.07 Å². The van der Waals surface area contributed by atoms with Gasteiger partial charge in [0.15, 0.2) is 0 Å². The number of halogens is 1. The number of hydrogen-bond acceptors (Lipinski definition) is 2. The monoisotopic (exact) mass is 279 g/mol. The molecule has 0 bridgehead atoms. The Balaban J connectivity index is 2.34. The molecular formula is C12H14BrN3. The average Bonchev–Trinajstić information content (AvgIpc) is 2.58. The van der Waals surface area contributed by atoms with Gasteiger partial charge in [0.25, 0.3) is 0 Å². The van der Waals surface area contributed by atoms with Crippen LogP contribution >= 0.6 is 15.9 Å². The van der Waals surface area contributed by atoms with E-state index in [1.165, 1.54) is 11.1 Å². The lowest BCUT2D eigenvalue weighted by Gasteiger charge is -2.10. The maximum absolute atomic E-state index is 4.23. The summed E-state index contributed by atoms with van der Waals surface area (Å²) in [6, 6.07) is 4.23. The van der Waals surface area contributed by atoms with Crippen LogP contribution in [0.3, 0.4) is 0 Å². The first-order chi connectivity index (χ1) is 7.56. The Hall–Kier alpha value is -1.29. The topological polar surface area (TPSA) is 40.7 Å². The van der Waals surface area contributed by atoms with Gasteiger partial charge in [0.2, 0.25) is 5.95 Å². The second-order valence-corrected chi connectivity index (χ2v) is 4.83. The number of nitrogens with zero attached hydrogens (tertiary/aromatic N) is 1. The predicted octanol–water partition coefficient (Wildman–Crippen LogP) is 3.84. The van der Waals surface area contributed by atoms with Crippen molar-refractivity contribution >= 4 is 27.6 Å². The summed E-state index contributed by atoms with van der Waals surface area (Å²) < 4.78 is 1.05. The summed E-state index contributed by atoms with van der Waals surface area (Å²) >= 11 is 3.56. The van der Waals surface area contributed by atoms with Crippen molar-refractivity contribution in [2.24, 2.45) is 0 Å². The fourth-order valence-electron chi connectivity index (χ4n) is 1.67. The van der Waals surface area contributed by atoms with Crippen molar-refractivity contribution in [3.8, 4) is 0 Å². The van der Waals surface area contributed by atoms with Gasteiger partial charge in [0.1, 0.15) is 0 Å². The summed E-state index contributed by atoms with van der Waals surface area (Å²) in [6.07, 6.45) is 1.81. The molecular weight excluding hydrogens is 266 g/mol. The van der Waals surface area contributed by atoms with E-state index in [9.17, 15) is 0 Å². The van der Waals surface area contributed by atoms with Gasteiger partial charge in [-0.2, -0.15) is 0 Å². The fourth-order valence-corrected chi connectivity index (χ4v) is 2.44. The van der Waals surface area contributed by atoms with Crippen LogP contribution in [0.15, 0.2) is 22.8 Å². The lowest BCUT2D eigenvalue weighted by molar-refractivity contribution is 1.23. The van der Waals surface area contributed by atoms with Crippen molar-refractivity contribution < 1.29 is 0 Å². The van der Waals surface area contributed by atoms with Gasteiger partial charge in [-0.3, -0.25) is 0 Å². The van der Waals surface area contributed by atoms with Crippen molar-refractivity contribution in [1.82, 2.24) is 9.97 Å². The standard InChI is InChI=1S/C12H14BrN3/c1-7-4-8(2)11(10(13)5-7)16-12-14-6-9(3)15-12/h4-6H,1-3H3,(H2,14,15,16). The minimum Gasteiger partial charge on any atom is -0.328 e. The third-order valence-electron chi connectivity index (χ3n) is 2.38. The summed E-state index contributed by atoms with van der Waals surface area (Å²) in [5, 5.41) is 3.27. The molecule has 1 heterocycles. The molecule has 0 fully saturated rings. The first-order valence-corrected chi connectivity index (χ1v) is 5.91. The van der Waals surface area contributed by atoms with E-state index in [1.807, 2.05) is 6.92 Å². The maximum Gasteiger partial charge on any atom is 0.204 e. The number of imidazole rings is 1. The van der Waals surface area contributed by atoms with Crippen LogP contribution in [0.4, 0.5) is 11.6 Å². The van der Waals surface area contributed by atoms with E-state index < -0.39 is 0 Å². The van der Waals surface area contributed by atoms with Gasteiger partial charge in [0.05, 0.1) is 5.69 Å². The molecule has 16 heavy (non-hydrogen) atoms. The molecule has 0 amide bonds. The van der Waals surface area contributed by atoms with E-state index >= 15 is 0 Å². The Morgan fingerprint density at radius 2 is 2.00 bits per heavy atom. The van der Waals surface area contributed by atoms with Gasteiger partial charge < -0.3 is 10.3 Å². The maximum atomic E-state index is 4.23. The zero-order chi connectivity index (χ0) is 11.7. The number of hydrogen-bond donors (Lipinski definition) is 2. The van der Waals surface area contributed by atoms with Crippen LogP contribution < -0.4 is 5.32 Å². The third kappa shape index (κ3) is 2.27. The first-order valence-electron chi connectivity index (χ1n) is 5.11. The van der Waals surface area contributed by atoms with Crippen molar-refractivity contribution in [2.75, 3.05) is 5.32 Å². The summed E-state index contributed by atoms with van der Waals surface area (Å²) in [6.45, 7) is 6.14. The van der Waals surface area contributed by atoms with Crippen LogP contribution in [-0.4, -0.2) is 9.97 Å². The Morgan fingerprint density at radius 1 is 1.25 bits per heavy atom. The normalized spacial score (nSPS) is 10.5. The second kappa shape index (κ2) is 4.29. The molecule has 0 aliphatic rings. The van der Waals surface area contributed by atoms with Crippen LogP contribution in [-0.2, 0) is 0 Å². The SMILES string of the molecule is Cc1cc(C)c(Nc2ncc(C)[nH]2)c(Br)c1. The lowest BCUT2D eigenvalue weighted by Crippen LogP contribution is -1.96. The molecule has 1 aromatic carbocycles. The largest absolute Gasteiger partial charge is 0.328 e. The highest BCUT2D eigenvalue weighted by Gasteiger charge is 2.06. The Labute approximate surface area is 103 Å². The molecule has 0 atom stereocenters. The molecule has 4 heteroatoms. The molecule has 2 N–H and O–H groups in total. The van der Waals surface area contributed by atoms with Crippen molar-refractivity contribution in [2.45, 2.75) is 20.8 Å². The van der Waals surface area contributed by atoms with E-state index in [2.05, 4.69) is 57.2 Å². The molecule has 0 radical (unpaired) electrons. The zero-order valence-corrected chi connectivity index (χ0v) is 11.1. The summed E-state index contributed by atoms with van der Waals surface area (Å²) in [4.78, 5) is 7.38. The Morgan fingerprint density at radius 3 is 2.56 bits per heavy atom. The van der Waals surface area contributed by atoms with Crippen LogP contribution in [0.5, 0.6) is 0 Å². The number of aromatic amines is 1. The fraction of sp³-hybridized carbons (Fsp3) is 0.250. The molecule has 2 rings (SSSR count). The highest BCUT2D eigenvalue weighted by molar-refractivity contribution is 9.10. The lowest BCUT2D eigenvalue weighted by atomic mass is 10.1. The van der Waals surface area contributed by atoms with Crippen LogP contribution in [0.2, 0.25) is 0 Å². The minimum absolute atomic E-state index is 0.769. The number of anilines is 2. The van der Waals surface area contributed by atoms with Crippen molar-refractivity contribution in [1.29, 1.82) is 0 Å². The first kappa shape index (κ1) is 11.2. The number of benzene rings is 1. The highest BCUT2D eigenvalue weighted by Crippen LogP contribution is 2.29. The van der Waals surface area contributed by atoms with Crippen molar-refractivity contribution in [3.63, 3.8) is 0 Å². The van der Waals surface area contributed by atoms with E-state index in [-0.39, 0.29) is 0 Å². The minimum atomic E-state index is 0.769. The van der Waals surface area contributed by atoms with E-state index in [0.717, 1.165) is 21.8 Å². The molecule has 2 aromatic rings. The van der Waals surface area contributed by atoms with E-state index in [0.29, 0.717) is 0 Å². The van der Waals surface area contributed by atoms with Gasteiger partial charge in [0, 0.05) is 16.4 Å². The molecule has 1 aromatic heterocycles. The number of H-pyrrole nitrogens is 1. The molecule has 0 saturated carbocycles. The molecule has 0 aliphatic heterocycles. The molecule has 0 saturated heterocycles. The third-order valence-corrected chi connectivity index (χ3v) is 3.00. The number of rotatable bonds is 2. The van der Waals surface area contributed by atoms with E-state index in [4.69, 9.17) is 0 Å². The molecule has 3 nitrogen and oxygen atoms in total. The number of aromatic nitrogens is 2. The van der Waals surface area contributed by atoms with E-state index in [1.54, 1.807) is 6.20 Å². The van der Waals surface area contributed by atoms with Crippen molar-refractivity contribution in [3.05, 3.63) is 39.6 Å². The summed E-state index contributed by atoms with van der Waals surface area (Å²) in [5.41, 5.74) is 4.54. The number of aryl methyl sites for hydroxylation is 3. The Bertz CT molecular complexity index is 494. The molecule has 84 valence electrons. The van der Waals surface area contributed by atoms with Gasteiger partial charge in [-0.05, 0) is 53.9 Å². The zero-order valence-electron chi connectivity index (χ0n) is 9.56. The van der Waals surface area contributed by atoms with Crippen LogP contribution in [0.25, 0.3) is 0 Å².